The monoisotopic (exact) mass is 1830 g/mol. The highest BCUT2D eigenvalue weighted by atomic mass is 31.2. The molecule has 8 unspecified atom stereocenters. The molecule has 2 bridgehead atoms. The van der Waals surface area contributed by atoms with Crippen LogP contribution in [0.15, 0.2) is 55.6 Å². The van der Waals surface area contributed by atoms with Crippen molar-refractivity contribution in [2.75, 3.05) is 104 Å². The number of hydrogen-bond donors (Lipinski definition) is 14. The predicted molar refractivity (Wildman–Crippen MR) is 483 cm³/mol. The van der Waals surface area contributed by atoms with Crippen molar-refractivity contribution in [3.8, 4) is 0 Å². The second kappa shape index (κ2) is 35.6. The van der Waals surface area contributed by atoms with Crippen LogP contribution in [0.3, 0.4) is 0 Å². The van der Waals surface area contributed by atoms with Crippen LogP contribution in [0.1, 0.15) is 106 Å². The van der Waals surface area contributed by atoms with Crippen LogP contribution < -0.4 is 27.8 Å². The Hall–Kier alpha value is -7.42. The van der Waals surface area contributed by atoms with Gasteiger partial charge < -0.3 is 99.3 Å². The van der Waals surface area contributed by atoms with E-state index in [1.807, 2.05) is 0 Å². The number of aliphatic hydroxyl groups is 9. The molecule has 0 aromatic carbocycles. The van der Waals surface area contributed by atoms with Gasteiger partial charge in [-0.05, 0) is 178 Å². The van der Waals surface area contributed by atoms with Crippen molar-refractivity contribution in [1.82, 2.24) is 97.6 Å². The Labute approximate surface area is 712 Å². The average Bonchev–Trinajstić information content (AvgIpc) is 1.57. The summed E-state index contributed by atoms with van der Waals surface area (Å²) >= 11 is 0. The number of fused-ring (bicyclic) bond motifs is 7. The summed E-state index contributed by atoms with van der Waals surface area (Å²) in [6, 6.07) is 0. The predicted octanol–water partition coefficient (Wildman–Crippen LogP) is 2.22. The zero-order valence-electron chi connectivity index (χ0n) is 72.8. The maximum atomic E-state index is 14.6. The molecule has 0 saturated carbocycles. The Morgan fingerprint density at radius 1 is 0.419 bits per heavy atom. The molecule has 14 N–H and O–H groups in total. The first-order valence-corrected chi connectivity index (χ1v) is 55.5. The summed E-state index contributed by atoms with van der Waals surface area (Å²) in [6.45, 7) is 26.6. The van der Waals surface area contributed by atoms with E-state index in [0.29, 0.717) is 84.8 Å². The molecule has 6 aliphatic rings. The highest BCUT2D eigenvalue weighted by Crippen LogP contribution is 2.52. The zero-order valence-corrected chi connectivity index (χ0v) is 77.2. The van der Waals surface area contributed by atoms with Crippen molar-refractivity contribution < 1.29 is 78.8 Å². The third kappa shape index (κ3) is 20.3. The third-order valence-corrected chi connectivity index (χ3v) is 29.9. The topological polar surface area (TPSA) is 555 Å². The van der Waals surface area contributed by atoms with Crippen LogP contribution in [0.2, 0.25) is 0 Å². The minimum atomic E-state index is -2.53. The van der Waals surface area contributed by atoms with Crippen LogP contribution >= 0.6 is 34.4 Å². The molecule has 0 aliphatic carbocycles. The molecule has 40 nitrogen and oxygen atoms in total. The Morgan fingerprint density at radius 2 is 0.750 bits per heavy atom. The first-order chi connectivity index (χ1) is 57.4. The van der Waals surface area contributed by atoms with Gasteiger partial charge in [-0.15, -0.1) is 65.9 Å². The third-order valence-electron chi connectivity index (χ3n) is 22.6. The number of aromatic amines is 5. The maximum Gasteiger partial charge on any atom is 0.279 e. The van der Waals surface area contributed by atoms with Crippen molar-refractivity contribution in [3.63, 3.8) is 0 Å². The van der Waals surface area contributed by atoms with E-state index in [0.717, 1.165) is 30.8 Å². The average molecular weight is 1830 g/mol. The molecular weight excluding hydrogens is 1710 g/mol. The molecule has 10 aromatic rings. The normalized spacial score (nSPS) is 29.3. The lowest BCUT2D eigenvalue weighted by Crippen LogP contribution is -2.46. The molecule has 19 atom stereocenters. The summed E-state index contributed by atoms with van der Waals surface area (Å²) in [5, 5.41) is 94.6. The largest absolute Gasteiger partial charge is 0.387 e. The van der Waals surface area contributed by atoms with Crippen LogP contribution in [-0.2, 0) is 28.4 Å². The van der Waals surface area contributed by atoms with E-state index in [1.54, 1.807) is 46.1 Å². The summed E-state index contributed by atoms with van der Waals surface area (Å²) in [5.41, 5.74) is -2.65. The fourth-order valence-corrected chi connectivity index (χ4v) is 20.5. The molecule has 0 amide bonds. The van der Waals surface area contributed by atoms with Gasteiger partial charge in [-0.3, -0.25) is 46.8 Å². The lowest BCUT2D eigenvalue weighted by molar-refractivity contribution is -0.247. The molecule has 6 fully saturated rings. The summed E-state index contributed by atoms with van der Waals surface area (Å²) in [6.07, 6.45) is 19.5. The van der Waals surface area contributed by atoms with Crippen molar-refractivity contribution in [2.45, 2.75) is 202 Å². The van der Waals surface area contributed by atoms with Gasteiger partial charge in [0.15, 0.2) is 93.1 Å². The van der Waals surface area contributed by atoms with Gasteiger partial charge in [0.2, 0.25) is 5.79 Å². The number of halogens is 1. The number of nitrogens with zero attached hydrogens (tertiary/aromatic N) is 15. The Morgan fingerprint density at radius 3 is 1.15 bits per heavy atom. The van der Waals surface area contributed by atoms with Crippen molar-refractivity contribution in [3.05, 3.63) is 113 Å². The van der Waals surface area contributed by atoms with Gasteiger partial charge >= 0.3 is 0 Å². The van der Waals surface area contributed by atoms with Crippen LogP contribution in [-0.4, -0.2) is 369 Å². The van der Waals surface area contributed by atoms with Gasteiger partial charge in [0.05, 0.1) is 62.2 Å². The SMILES string of the molecule is C=P(C)(C)CC[C@@]1(C)OC(n2cnc3c(=O)[nH]c(C)nc32)C(O)[C@@H]1O.C=P(C)(C)CC[C@@]12COC(C(n3cnc4c(=O)[nH]c(C)nc43)O1)[C@@H]2O.C=P(C)(C)CC[C@H]1OC(n2cnc3c(=O)[nH]c(C)nc32)C(F)[C@@H]1O.C=P(C)(C)CC[C@H]1OC(n2cnc3c(=O)[nH]c(C)nc32)C(O)(O)[C@@H]1O.C=P(C)(C)CC[C@H]1OC(n2cnc3c(=O)[nH]c(C)nc32)[C@](C)(O)[C@@H]1O. The Bertz CT molecular complexity index is 5960. The minimum absolute atomic E-state index is 0.0627. The number of aromatic nitrogens is 20. The van der Waals surface area contributed by atoms with Gasteiger partial charge in [-0.25, -0.2) is 54.2 Å². The molecule has 6 saturated heterocycles. The summed E-state index contributed by atoms with van der Waals surface area (Å²) in [5.74, 6) is -0.374. The van der Waals surface area contributed by atoms with E-state index in [9.17, 15) is 74.3 Å². The summed E-state index contributed by atoms with van der Waals surface area (Å²) < 4.78 is 57.6. The molecule has 0 radical (unpaired) electrons. The number of aliphatic hydroxyl groups excluding tert-OH is 6. The van der Waals surface area contributed by atoms with E-state index >= 15 is 0 Å². The van der Waals surface area contributed by atoms with Crippen molar-refractivity contribution in [1.29, 1.82) is 0 Å². The van der Waals surface area contributed by atoms with Crippen LogP contribution in [0, 0.1) is 34.6 Å². The van der Waals surface area contributed by atoms with E-state index < -0.39 is 161 Å². The number of H-pyrrole nitrogens is 5. The quantitative estimate of drug-likeness (QED) is 0.0384. The number of aryl methyl sites for hydroxylation is 5. The maximum absolute atomic E-state index is 14.6. The van der Waals surface area contributed by atoms with E-state index in [-0.39, 0.29) is 61.1 Å². The first-order valence-electron chi connectivity index (χ1n) is 40.3. The van der Waals surface area contributed by atoms with Gasteiger partial charge in [-0.1, -0.05) is 0 Å². The zero-order chi connectivity index (χ0) is 91.3. The summed E-state index contributed by atoms with van der Waals surface area (Å²) in [7, 11) is 0. The molecule has 46 heteroatoms. The fraction of sp³-hybridized carbons (Fsp3) is 0.615. The molecule has 6 aliphatic heterocycles. The number of nitrogens with one attached hydrogen (secondary N) is 5. The summed E-state index contributed by atoms with van der Waals surface area (Å²) in [4.78, 5) is 114. The molecule has 0 spiro atoms. The number of rotatable bonds is 20. The second-order valence-electron chi connectivity index (χ2n) is 37.0. The van der Waals surface area contributed by atoms with Gasteiger partial charge in [0.25, 0.3) is 27.8 Å². The van der Waals surface area contributed by atoms with Gasteiger partial charge in [-0.2, -0.15) is 0 Å². The molecule has 124 heavy (non-hydrogen) atoms. The minimum Gasteiger partial charge on any atom is -0.387 e. The van der Waals surface area contributed by atoms with Crippen LogP contribution in [0.4, 0.5) is 4.39 Å². The fourth-order valence-electron chi connectivity index (χ4n) is 15.6. The molecule has 16 heterocycles. The van der Waals surface area contributed by atoms with E-state index in [2.05, 4.69) is 173 Å². The standard InChI is InChI=1S/C16H23N4O4P.2C16H25N4O4P.C15H22FN4O3P.C15H23N4O5P/c1-9-18-13-10(14(22)19-9)17-8-20(13)15-11-12(21)16(24-15,7-23-11)5-6-25(2,3)4;1-9-18-13-10(14(23)19-9)17-8-20(13)15-11(21)12(22)16(2,24-15)6-7-25(3,4)5;1-9-18-13-11(14(22)19-9)17-8-20(13)15-16(2,23)12(21)10(24-15)6-7-25(3,4)5;1-8-18-13-11(14(22)19-8)17-7-20(13)15-10(16)12(21)9(23-15)5-6-24(2,3)4;1-8-17-12-10(13(21)18-8)16-7-19(12)14-15(22,23)11(20)9(24-14)5-6-25(2,3)4/h8,11-12,15,21H,2,5-7H2,1,3-4H3,(H,18,19,22);8,11-12,15,21-22H,3,6-7H2,1-2,4-5H3,(H,18,19,23);8,10,12,15,21,23H,3,6-7H2,1-2,4-5H3,(H,18,19,22);7,9-10,12,15,21H,2,5-6H2,1,3-4H3,(H,18,19,22);7,9,11,14,20,22-23H,2,5-6H2,1,3-4H3,(H,17,18,21)/t11?,12-,15?,16-;11?,12-,15?,16+;10-,12-,15?,16-;9-,10?,12-,15?;9-,11-,14?/m00111/s1. The Kier molecular flexibility index (Phi) is 27.4. The van der Waals surface area contributed by atoms with Crippen molar-refractivity contribution in [2.24, 2.45) is 0 Å². The van der Waals surface area contributed by atoms with Gasteiger partial charge in [0, 0.05) is 0 Å². The van der Waals surface area contributed by atoms with E-state index in [1.165, 1.54) is 56.8 Å². The van der Waals surface area contributed by atoms with Crippen molar-refractivity contribution >= 4 is 122 Å². The highest BCUT2D eigenvalue weighted by molar-refractivity contribution is 7.73. The molecular formula is C78H118FN20O20P5. The highest BCUT2D eigenvalue weighted by Gasteiger charge is 2.62. The second-order valence-corrected chi connectivity index (χ2v) is 58.6. The van der Waals surface area contributed by atoms with Crippen LogP contribution in [0.5, 0.6) is 0 Å². The molecule has 16 rings (SSSR count). The molecule has 10 aromatic heterocycles. The van der Waals surface area contributed by atoms with Gasteiger partial charge in [0.1, 0.15) is 83.1 Å². The number of ether oxygens (including phenoxy) is 6. The lowest BCUT2D eigenvalue weighted by atomic mass is 9.95. The number of hydrogen-bond acceptors (Lipinski definition) is 30. The number of imidazole rings is 5. The van der Waals surface area contributed by atoms with Crippen LogP contribution in [0.25, 0.3) is 55.8 Å². The van der Waals surface area contributed by atoms with E-state index in [4.69, 9.17) is 28.4 Å². The smallest absolute Gasteiger partial charge is 0.279 e. The number of alkyl halides is 1. The Balaban J connectivity index is 0.000000141. The lowest BCUT2D eigenvalue weighted by Gasteiger charge is -2.32. The molecule has 682 valence electrons. The first kappa shape index (κ1) is 95.7.